The predicted octanol–water partition coefficient (Wildman–Crippen LogP) is 2.80. The van der Waals surface area contributed by atoms with Gasteiger partial charge in [0, 0.05) is 18.7 Å². The third kappa shape index (κ3) is 2.63. The minimum atomic E-state index is -0.395. The minimum Gasteiger partial charge on any atom is -0.486 e. The van der Waals surface area contributed by atoms with Crippen LogP contribution in [0, 0.1) is 5.82 Å². The molecule has 1 amide bonds. The van der Waals surface area contributed by atoms with E-state index in [0.29, 0.717) is 31.9 Å². The molecule has 0 saturated heterocycles. The van der Waals surface area contributed by atoms with E-state index in [2.05, 4.69) is 0 Å². The highest BCUT2D eigenvalue weighted by Crippen LogP contribution is 2.35. The van der Waals surface area contributed by atoms with Crippen LogP contribution in [0.25, 0.3) is 0 Å². The molecule has 0 N–H and O–H groups in total. The number of nitrogens with zero attached hydrogens (tertiary/aromatic N) is 1. The Morgan fingerprint density at radius 3 is 2.52 bits per heavy atom. The molecule has 5 heteroatoms. The molecule has 0 spiro atoms. The molecule has 0 radical (unpaired) electrons. The molecule has 0 aromatic heterocycles. The van der Waals surface area contributed by atoms with Gasteiger partial charge in [0.25, 0.3) is 5.91 Å². The Kier molecular flexibility index (Phi) is 3.41. The number of hydrogen-bond donors (Lipinski definition) is 0. The van der Waals surface area contributed by atoms with E-state index in [-0.39, 0.29) is 5.91 Å². The average Bonchev–Trinajstić information content (AvgIpc) is 2.59. The topological polar surface area (TPSA) is 38.8 Å². The van der Waals surface area contributed by atoms with Gasteiger partial charge in [-0.2, -0.15) is 0 Å². The van der Waals surface area contributed by atoms with Gasteiger partial charge in [-0.1, -0.05) is 6.07 Å². The second-order valence-corrected chi connectivity index (χ2v) is 5.75. The maximum absolute atomic E-state index is 13.3. The maximum Gasteiger partial charge on any atom is 0.254 e. The second-order valence-electron chi connectivity index (χ2n) is 5.75. The van der Waals surface area contributed by atoms with Crippen molar-refractivity contribution in [2.24, 2.45) is 0 Å². The van der Waals surface area contributed by atoms with E-state index >= 15 is 0 Å². The molecule has 0 bridgehead atoms. The molecule has 0 atom stereocenters. The quantitative estimate of drug-likeness (QED) is 0.812. The third-order valence-corrected chi connectivity index (χ3v) is 4.24. The van der Waals surface area contributed by atoms with Crippen molar-refractivity contribution in [1.29, 1.82) is 0 Å². The van der Waals surface area contributed by atoms with Gasteiger partial charge in [0.2, 0.25) is 0 Å². The Hall–Kier alpha value is -2.56. The summed E-state index contributed by atoms with van der Waals surface area (Å²) in [4.78, 5) is 14.3. The molecule has 2 aromatic rings. The van der Waals surface area contributed by atoms with Crippen LogP contribution >= 0.6 is 0 Å². The van der Waals surface area contributed by atoms with Gasteiger partial charge in [-0.3, -0.25) is 4.79 Å². The van der Waals surface area contributed by atoms with Crippen LogP contribution in [0.5, 0.6) is 11.5 Å². The molecule has 0 unspecified atom stereocenters. The van der Waals surface area contributed by atoms with Gasteiger partial charge in [-0.05, 0) is 47.9 Å². The number of rotatable bonds is 1. The smallest absolute Gasteiger partial charge is 0.254 e. The third-order valence-electron chi connectivity index (χ3n) is 4.24. The lowest BCUT2D eigenvalue weighted by Crippen LogP contribution is -2.36. The zero-order chi connectivity index (χ0) is 15.8. The molecule has 23 heavy (non-hydrogen) atoms. The van der Waals surface area contributed by atoms with Crippen LogP contribution in [0.1, 0.15) is 21.5 Å². The van der Waals surface area contributed by atoms with Gasteiger partial charge in [0.15, 0.2) is 11.5 Å². The van der Waals surface area contributed by atoms with E-state index in [0.717, 1.165) is 23.5 Å². The molecule has 0 saturated carbocycles. The largest absolute Gasteiger partial charge is 0.486 e. The predicted molar refractivity (Wildman–Crippen MR) is 82.3 cm³/mol. The van der Waals surface area contributed by atoms with Crippen molar-refractivity contribution in [2.45, 2.75) is 13.0 Å². The van der Waals surface area contributed by atoms with Crippen molar-refractivity contribution in [3.63, 3.8) is 0 Å². The number of amides is 1. The lowest BCUT2D eigenvalue weighted by atomic mass is 9.98. The zero-order valence-electron chi connectivity index (χ0n) is 12.5. The number of fused-ring (bicyclic) bond motifs is 2. The summed E-state index contributed by atoms with van der Waals surface area (Å²) in [7, 11) is 0. The fourth-order valence-corrected chi connectivity index (χ4v) is 3.07. The van der Waals surface area contributed by atoms with E-state index in [9.17, 15) is 9.18 Å². The van der Waals surface area contributed by atoms with Crippen LogP contribution in [0.15, 0.2) is 36.4 Å². The fourth-order valence-electron chi connectivity index (χ4n) is 3.07. The second kappa shape index (κ2) is 5.57. The normalized spacial score (nSPS) is 16.0. The SMILES string of the molecule is O=C(c1cccc(F)c1)N1CCc2cc3c(cc2C1)OCCO3. The van der Waals surface area contributed by atoms with Gasteiger partial charge < -0.3 is 14.4 Å². The summed E-state index contributed by atoms with van der Waals surface area (Å²) in [5.74, 6) is 0.966. The number of hydrogen-bond acceptors (Lipinski definition) is 3. The Morgan fingerprint density at radius 2 is 1.78 bits per heavy atom. The molecule has 4 nitrogen and oxygen atoms in total. The van der Waals surface area contributed by atoms with Crippen molar-refractivity contribution in [3.05, 3.63) is 58.9 Å². The van der Waals surface area contributed by atoms with E-state index < -0.39 is 5.82 Å². The molecule has 118 valence electrons. The van der Waals surface area contributed by atoms with Crippen molar-refractivity contribution in [2.75, 3.05) is 19.8 Å². The van der Waals surface area contributed by atoms with E-state index in [1.807, 2.05) is 12.1 Å². The minimum absolute atomic E-state index is 0.148. The lowest BCUT2D eigenvalue weighted by molar-refractivity contribution is 0.0733. The Bertz CT molecular complexity index is 775. The average molecular weight is 313 g/mol. The van der Waals surface area contributed by atoms with Crippen LogP contribution in [0.3, 0.4) is 0 Å². The highest BCUT2D eigenvalue weighted by Gasteiger charge is 2.24. The van der Waals surface area contributed by atoms with Gasteiger partial charge in [-0.25, -0.2) is 4.39 Å². The Labute approximate surface area is 133 Å². The number of ether oxygens (including phenoxy) is 2. The summed E-state index contributed by atoms with van der Waals surface area (Å²) in [6, 6.07) is 9.78. The lowest BCUT2D eigenvalue weighted by Gasteiger charge is -2.30. The molecule has 0 fully saturated rings. The zero-order valence-corrected chi connectivity index (χ0v) is 12.5. The number of halogens is 1. The van der Waals surface area contributed by atoms with Gasteiger partial charge in [-0.15, -0.1) is 0 Å². The summed E-state index contributed by atoms with van der Waals surface area (Å²) in [6.07, 6.45) is 0.757. The fraction of sp³-hybridized carbons (Fsp3) is 0.278. The van der Waals surface area contributed by atoms with E-state index in [4.69, 9.17) is 9.47 Å². The van der Waals surface area contributed by atoms with Crippen LogP contribution < -0.4 is 9.47 Å². The molecule has 2 heterocycles. The van der Waals surface area contributed by atoms with Crippen molar-refractivity contribution in [1.82, 2.24) is 4.90 Å². The summed E-state index contributed by atoms with van der Waals surface area (Å²) in [5, 5.41) is 0. The Balaban J connectivity index is 1.60. The van der Waals surface area contributed by atoms with Crippen molar-refractivity contribution in [3.8, 4) is 11.5 Å². The molecule has 2 aliphatic rings. The van der Waals surface area contributed by atoms with E-state index in [1.165, 1.54) is 17.7 Å². The molecular weight excluding hydrogens is 297 g/mol. The van der Waals surface area contributed by atoms with Gasteiger partial charge >= 0.3 is 0 Å². The highest BCUT2D eigenvalue weighted by molar-refractivity contribution is 5.94. The first-order valence-electron chi connectivity index (χ1n) is 7.67. The molecule has 4 rings (SSSR count). The summed E-state index contributed by atoms with van der Waals surface area (Å²) < 4.78 is 24.5. The number of carbonyl (C=O) groups excluding carboxylic acids is 1. The first-order valence-corrected chi connectivity index (χ1v) is 7.67. The van der Waals surface area contributed by atoms with E-state index in [1.54, 1.807) is 17.0 Å². The van der Waals surface area contributed by atoms with Crippen LogP contribution in [0.2, 0.25) is 0 Å². The monoisotopic (exact) mass is 313 g/mol. The highest BCUT2D eigenvalue weighted by atomic mass is 19.1. The maximum atomic E-state index is 13.3. The first-order chi connectivity index (χ1) is 11.2. The molecule has 2 aliphatic heterocycles. The summed E-state index contributed by atoms with van der Waals surface area (Å²) in [5.41, 5.74) is 2.62. The van der Waals surface area contributed by atoms with Crippen molar-refractivity contribution < 1.29 is 18.7 Å². The van der Waals surface area contributed by atoms with Crippen molar-refractivity contribution >= 4 is 5.91 Å². The molecule has 0 aliphatic carbocycles. The number of carbonyl (C=O) groups is 1. The first kappa shape index (κ1) is 14.1. The van der Waals surface area contributed by atoms with Gasteiger partial charge in [0.1, 0.15) is 19.0 Å². The van der Waals surface area contributed by atoms with Crippen LogP contribution in [0.4, 0.5) is 4.39 Å². The molecule has 2 aromatic carbocycles. The summed E-state index contributed by atoms with van der Waals surface area (Å²) >= 11 is 0. The van der Waals surface area contributed by atoms with Crippen LogP contribution in [-0.4, -0.2) is 30.6 Å². The number of benzene rings is 2. The Morgan fingerprint density at radius 1 is 1.04 bits per heavy atom. The van der Waals surface area contributed by atoms with Gasteiger partial charge in [0.05, 0.1) is 0 Å². The summed E-state index contributed by atoms with van der Waals surface area (Å²) in [6.45, 7) is 2.22. The van der Waals surface area contributed by atoms with Crippen LogP contribution in [-0.2, 0) is 13.0 Å². The molecular formula is C18H16FNO3. The standard InChI is InChI=1S/C18H16FNO3/c19-15-3-1-2-13(8-15)18(21)20-5-4-12-9-16-17(10-14(12)11-20)23-7-6-22-16/h1-3,8-10H,4-7,11H2.